The molecule has 0 bridgehead atoms. The van der Waals surface area contributed by atoms with Crippen LogP contribution in [-0.2, 0) is 17.6 Å². The van der Waals surface area contributed by atoms with Gasteiger partial charge in [0, 0.05) is 35.2 Å². The monoisotopic (exact) mass is 574 g/mol. The van der Waals surface area contributed by atoms with Gasteiger partial charge in [-0.2, -0.15) is 0 Å². The van der Waals surface area contributed by atoms with Gasteiger partial charge in [-0.15, -0.1) is 0 Å². The molecular formula is C36H34N2O5. The van der Waals surface area contributed by atoms with Crippen molar-refractivity contribution in [2.75, 3.05) is 11.9 Å². The maximum atomic E-state index is 13.2. The number of oxazole rings is 1. The van der Waals surface area contributed by atoms with Gasteiger partial charge in [0.1, 0.15) is 17.6 Å². The van der Waals surface area contributed by atoms with Crippen LogP contribution >= 0.6 is 0 Å². The van der Waals surface area contributed by atoms with Crippen molar-refractivity contribution >= 4 is 17.4 Å². The summed E-state index contributed by atoms with van der Waals surface area (Å²) in [5.74, 6) is 0.962. The Kier molecular flexibility index (Phi) is 9.01. The average molecular weight is 575 g/mol. The summed E-state index contributed by atoms with van der Waals surface area (Å²) in [6, 6.07) is 28.7. The van der Waals surface area contributed by atoms with E-state index in [1.54, 1.807) is 48.5 Å². The molecule has 0 amide bonds. The van der Waals surface area contributed by atoms with E-state index in [9.17, 15) is 14.7 Å². The molecule has 7 heteroatoms. The molecule has 2 N–H and O–H groups in total. The van der Waals surface area contributed by atoms with E-state index in [0.29, 0.717) is 35.7 Å². The molecule has 0 saturated heterocycles. The van der Waals surface area contributed by atoms with Gasteiger partial charge in [0.15, 0.2) is 5.78 Å². The number of carboxylic acids is 1. The van der Waals surface area contributed by atoms with Crippen molar-refractivity contribution in [1.29, 1.82) is 0 Å². The first-order valence-corrected chi connectivity index (χ1v) is 14.2. The molecule has 1 heterocycles. The molecule has 5 rings (SSSR count). The maximum absolute atomic E-state index is 13.2. The Hall–Kier alpha value is -5.17. The molecule has 4 aromatic carbocycles. The van der Waals surface area contributed by atoms with Crippen LogP contribution in [0.25, 0.3) is 11.5 Å². The fraction of sp³-hybridized carbons (Fsp3) is 0.194. The summed E-state index contributed by atoms with van der Waals surface area (Å²) in [4.78, 5) is 30.1. The van der Waals surface area contributed by atoms with Gasteiger partial charge in [-0.25, -0.2) is 9.78 Å². The van der Waals surface area contributed by atoms with Gasteiger partial charge in [-0.05, 0) is 61.7 Å². The third-order valence-corrected chi connectivity index (χ3v) is 7.29. The molecule has 1 unspecified atom stereocenters. The van der Waals surface area contributed by atoms with E-state index in [1.165, 1.54) is 0 Å². The van der Waals surface area contributed by atoms with Crippen LogP contribution in [-0.4, -0.2) is 34.5 Å². The Labute approximate surface area is 251 Å². The molecule has 7 nitrogen and oxygen atoms in total. The van der Waals surface area contributed by atoms with Crippen LogP contribution in [0.1, 0.15) is 44.1 Å². The highest BCUT2D eigenvalue weighted by molar-refractivity contribution is 6.12. The largest absolute Gasteiger partial charge is 0.493 e. The summed E-state index contributed by atoms with van der Waals surface area (Å²) >= 11 is 0. The molecule has 0 aliphatic rings. The minimum atomic E-state index is -1.00. The lowest BCUT2D eigenvalue weighted by molar-refractivity contribution is -0.137. The third kappa shape index (κ3) is 7.01. The molecular weight excluding hydrogens is 540 g/mol. The number of hydrogen-bond acceptors (Lipinski definition) is 6. The van der Waals surface area contributed by atoms with Gasteiger partial charge in [0.2, 0.25) is 5.89 Å². The van der Waals surface area contributed by atoms with Crippen molar-refractivity contribution in [3.63, 3.8) is 0 Å². The number of carbonyl (C=O) groups is 2. The molecule has 1 atom stereocenters. The minimum absolute atomic E-state index is 0.168. The van der Waals surface area contributed by atoms with E-state index in [-0.39, 0.29) is 12.2 Å². The Balaban J connectivity index is 1.26. The van der Waals surface area contributed by atoms with Gasteiger partial charge in [-0.1, -0.05) is 72.8 Å². The zero-order valence-electron chi connectivity index (χ0n) is 24.5. The second-order valence-corrected chi connectivity index (χ2v) is 10.5. The summed E-state index contributed by atoms with van der Waals surface area (Å²) in [6.07, 6.45) is 0.820. The summed E-state index contributed by atoms with van der Waals surface area (Å²) in [7, 11) is 0. The van der Waals surface area contributed by atoms with Crippen molar-refractivity contribution in [2.24, 2.45) is 0 Å². The summed E-state index contributed by atoms with van der Waals surface area (Å²) in [5.41, 5.74) is 5.92. The zero-order valence-corrected chi connectivity index (χ0v) is 24.5. The highest BCUT2D eigenvalue weighted by Gasteiger charge is 2.22. The van der Waals surface area contributed by atoms with E-state index in [1.807, 2.05) is 69.3 Å². The van der Waals surface area contributed by atoms with E-state index >= 15 is 0 Å². The summed E-state index contributed by atoms with van der Waals surface area (Å²) in [5, 5.41) is 13.2. The third-order valence-electron chi connectivity index (χ3n) is 7.29. The number of aromatic nitrogens is 1. The Morgan fingerprint density at radius 3 is 2.19 bits per heavy atom. The van der Waals surface area contributed by atoms with Crippen molar-refractivity contribution in [2.45, 2.75) is 39.7 Å². The fourth-order valence-corrected chi connectivity index (χ4v) is 5.17. The van der Waals surface area contributed by atoms with Crippen LogP contribution in [0, 0.1) is 20.8 Å². The highest BCUT2D eigenvalue weighted by Crippen LogP contribution is 2.28. The number of nitrogens with zero attached hydrogens (tertiary/aromatic N) is 1. The van der Waals surface area contributed by atoms with Gasteiger partial charge >= 0.3 is 5.97 Å². The smallest absolute Gasteiger partial charge is 0.326 e. The maximum Gasteiger partial charge on any atom is 0.326 e. The number of hydrogen-bond donors (Lipinski definition) is 2. The number of carbonyl (C=O) groups excluding carboxylic acids is 1. The SMILES string of the molecule is Cc1cc(CC(Nc2ccccc2C(=O)c2ccccc2)C(=O)O)cc(C)c1OCCc1nc(-c2ccccc2)oc1C. The van der Waals surface area contributed by atoms with Crippen molar-refractivity contribution in [1.82, 2.24) is 4.98 Å². The molecule has 43 heavy (non-hydrogen) atoms. The molecule has 0 aliphatic carbocycles. The number of nitrogens with one attached hydrogen (secondary N) is 1. The Bertz CT molecular complexity index is 1700. The predicted molar refractivity (Wildman–Crippen MR) is 167 cm³/mol. The molecule has 0 fully saturated rings. The van der Waals surface area contributed by atoms with E-state index in [2.05, 4.69) is 10.3 Å². The lowest BCUT2D eigenvalue weighted by Gasteiger charge is -2.20. The molecule has 0 saturated carbocycles. The number of rotatable bonds is 12. The lowest BCUT2D eigenvalue weighted by Crippen LogP contribution is -2.32. The molecule has 0 spiro atoms. The number of benzene rings is 4. The van der Waals surface area contributed by atoms with Gasteiger partial charge < -0.3 is 19.6 Å². The Morgan fingerprint density at radius 1 is 0.884 bits per heavy atom. The van der Waals surface area contributed by atoms with Crippen LogP contribution < -0.4 is 10.1 Å². The van der Waals surface area contributed by atoms with Crippen LogP contribution in [0.15, 0.2) is 101 Å². The minimum Gasteiger partial charge on any atom is -0.493 e. The number of carboxylic acid groups (broad SMARTS) is 1. The van der Waals surface area contributed by atoms with E-state index in [0.717, 1.165) is 39.5 Å². The van der Waals surface area contributed by atoms with Crippen LogP contribution in [0.3, 0.4) is 0 Å². The molecule has 1 aromatic heterocycles. The molecule has 0 aliphatic heterocycles. The Morgan fingerprint density at radius 2 is 1.51 bits per heavy atom. The highest BCUT2D eigenvalue weighted by atomic mass is 16.5. The van der Waals surface area contributed by atoms with Crippen molar-refractivity contribution in [3.8, 4) is 17.2 Å². The first-order chi connectivity index (χ1) is 20.8. The zero-order chi connectivity index (χ0) is 30.3. The molecule has 5 aromatic rings. The number of anilines is 1. The lowest BCUT2D eigenvalue weighted by atomic mass is 9.98. The first-order valence-electron chi connectivity index (χ1n) is 14.2. The second kappa shape index (κ2) is 13.2. The fourth-order valence-electron chi connectivity index (χ4n) is 5.17. The van der Waals surface area contributed by atoms with Crippen LogP contribution in [0.4, 0.5) is 5.69 Å². The normalized spacial score (nSPS) is 11.6. The number of para-hydroxylation sites is 1. The summed E-state index contributed by atoms with van der Waals surface area (Å²) in [6.45, 7) is 6.24. The van der Waals surface area contributed by atoms with Gasteiger partial charge in [0.25, 0.3) is 0 Å². The summed E-state index contributed by atoms with van der Waals surface area (Å²) < 4.78 is 12.0. The molecule has 218 valence electrons. The first kappa shape index (κ1) is 29.3. The van der Waals surface area contributed by atoms with Crippen LogP contribution in [0.5, 0.6) is 5.75 Å². The van der Waals surface area contributed by atoms with E-state index in [4.69, 9.17) is 9.15 Å². The van der Waals surface area contributed by atoms with E-state index < -0.39 is 12.0 Å². The second-order valence-electron chi connectivity index (χ2n) is 10.5. The van der Waals surface area contributed by atoms with Gasteiger partial charge in [-0.3, -0.25) is 4.79 Å². The topological polar surface area (TPSA) is 102 Å². The van der Waals surface area contributed by atoms with Crippen LogP contribution in [0.2, 0.25) is 0 Å². The number of aryl methyl sites for hydroxylation is 3. The van der Waals surface area contributed by atoms with Crippen molar-refractivity contribution < 1.29 is 23.8 Å². The number of aliphatic carboxylic acids is 1. The number of ketones is 1. The quantitative estimate of drug-likeness (QED) is 0.152. The standard InChI is InChI=1S/C36H34N2O5/c1-23-20-26(21-24(2)34(23)42-19-18-30-25(3)43-35(38-30)28-14-8-5-9-15-28)22-32(36(40)41)37-31-17-11-10-16-29(31)33(39)27-12-6-4-7-13-27/h4-17,20-21,32,37H,18-19,22H2,1-3H3,(H,40,41). The number of ether oxygens (including phenoxy) is 1. The van der Waals surface area contributed by atoms with Crippen molar-refractivity contribution in [3.05, 3.63) is 136 Å². The average Bonchev–Trinajstić information content (AvgIpc) is 3.39. The predicted octanol–water partition coefficient (Wildman–Crippen LogP) is 7.23. The van der Waals surface area contributed by atoms with Gasteiger partial charge in [0.05, 0.1) is 12.3 Å². The molecule has 0 radical (unpaired) electrons.